The standard InChI is InChI=1S/C9H10FNO3S/c10-15-8-4-6(12)2-1-5(8)3-7(11)9(13)14/h1-2,4,7,12H,3,11H2,(H,13,14)/t7-/m0/s1. The third-order valence-electron chi connectivity index (χ3n) is 1.89. The molecule has 15 heavy (non-hydrogen) atoms. The van der Waals surface area contributed by atoms with Gasteiger partial charge < -0.3 is 15.9 Å². The van der Waals surface area contributed by atoms with Crippen LogP contribution in [0.1, 0.15) is 5.56 Å². The molecule has 0 aliphatic carbocycles. The Balaban J connectivity index is 2.89. The fraction of sp³-hybridized carbons (Fsp3) is 0.222. The number of carbonyl (C=O) groups is 1. The first-order valence-corrected chi connectivity index (χ1v) is 4.85. The molecule has 0 spiro atoms. The summed E-state index contributed by atoms with van der Waals surface area (Å²) in [5.41, 5.74) is 5.78. The van der Waals surface area contributed by atoms with Gasteiger partial charge >= 0.3 is 5.97 Å². The van der Waals surface area contributed by atoms with Gasteiger partial charge in [0.25, 0.3) is 0 Å². The average Bonchev–Trinajstić information content (AvgIpc) is 2.20. The lowest BCUT2D eigenvalue weighted by molar-refractivity contribution is -0.138. The molecule has 0 fully saturated rings. The normalized spacial score (nSPS) is 12.4. The van der Waals surface area contributed by atoms with Crippen LogP contribution in [0.15, 0.2) is 23.1 Å². The van der Waals surface area contributed by atoms with Gasteiger partial charge in [0.15, 0.2) is 0 Å². The van der Waals surface area contributed by atoms with Crippen molar-refractivity contribution >= 4 is 18.1 Å². The van der Waals surface area contributed by atoms with Gasteiger partial charge in [-0.25, -0.2) is 0 Å². The summed E-state index contributed by atoms with van der Waals surface area (Å²) in [6, 6.07) is 2.98. The van der Waals surface area contributed by atoms with Crippen molar-refractivity contribution in [2.45, 2.75) is 17.4 Å². The van der Waals surface area contributed by atoms with Crippen LogP contribution >= 0.6 is 12.1 Å². The van der Waals surface area contributed by atoms with Crippen LogP contribution in [0.5, 0.6) is 5.75 Å². The number of carboxylic acid groups (broad SMARTS) is 1. The highest BCUT2D eigenvalue weighted by Crippen LogP contribution is 2.28. The number of nitrogens with two attached hydrogens (primary N) is 1. The molecule has 0 aromatic heterocycles. The molecular weight excluding hydrogens is 221 g/mol. The summed E-state index contributed by atoms with van der Waals surface area (Å²) >= 11 is -0.0452. The maximum Gasteiger partial charge on any atom is 0.320 e. The number of carboxylic acids is 1. The first kappa shape index (κ1) is 11.8. The second-order valence-electron chi connectivity index (χ2n) is 3.02. The maximum absolute atomic E-state index is 12.4. The Kier molecular flexibility index (Phi) is 3.93. The Morgan fingerprint density at radius 3 is 2.80 bits per heavy atom. The number of rotatable bonds is 4. The van der Waals surface area contributed by atoms with Crippen molar-refractivity contribution in [2.75, 3.05) is 0 Å². The number of aromatic hydroxyl groups is 1. The molecular formula is C9H10FNO3S. The lowest BCUT2D eigenvalue weighted by Crippen LogP contribution is -2.32. The third kappa shape index (κ3) is 3.10. The van der Waals surface area contributed by atoms with Gasteiger partial charge in [0.05, 0.1) is 12.1 Å². The lowest BCUT2D eigenvalue weighted by Gasteiger charge is -2.09. The lowest BCUT2D eigenvalue weighted by atomic mass is 10.1. The molecule has 1 atom stereocenters. The van der Waals surface area contributed by atoms with Gasteiger partial charge in [-0.2, -0.15) is 3.89 Å². The number of phenols is 1. The fourth-order valence-electron chi connectivity index (χ4n) is 1.11. The summed E-state index contributed by atoms with van der Waals surface area (Å²) in [6.45, 7) is 0. The van der Waals surface area contributed by atoms with Crippen LogP contribution in [-0.2, 0) is 11.2 Å². The number of halogens is 1. The molecule has 0 aliphatic rings. The quantitative estimate of drug-likeness (QED) is 0.728. The molecule has 0 amide bonds. The molecule has 82 valence electrons. The van der Waals surface area contributed by atoms with Crippen molar-refractivity contribution in [1.82, 2.24) is 0 Å². The van der Waals surface area contributed by atoms with Gasteiger partial charge in [-0.3, -0.25) is 4.79 Å². The zero-order valence-corrected chi connectivity index (χ0v) is 8.50. The van der Waals surface area contributed by atoms with E-state index >= 15 is 0 Å². The molecule has 0 saturated heterocycles. The van der Waals surface area contributed by atoms with Crippen LogP contribution < -0.4 is 5.73 Å². The molecule has 4 N–H and O–H groups in total. The van der Waals surface area contributed by atoms with Crippen LogP contribution in [0.2, 0.25) is 0 Å². The van der Waals surface area contributed by atoms with E-state index in [1.54, 1.807) is 0 Å². The van der Waals surface area contributed by atoms with E-state index in [4.69, 9.17) is 15.9 Å². The van der Waals surface area contributed by atoms with Crippen LogP contribution in [-0.4, -0.2) is 22.2 Å². The Labute approximate surface area is 90.2 Å². The Morgan fingerprint density at radius 2 is 2.27 bits per heavy atom. The highest BCUT2D eigenvalue weighted by Gasteiger charge is 2.15. The van der Waals surface area contributed by atoms with Gasteiger partial charge in [-0.1, -0.05) is 6.07 Å². The summed E-state index contributed by atoms with van der Waals surface area (Å²) < 4.78 is 12.4. The van der Waals surface area contributed by atoms with E-state index in [1.165, 1.54) is 18.2 Å². The molecule has 0 bridgehead atoms. The van der Waals surface area contributed by atoms with Crippen molar-refractivity contribution in [3.63, 3.8) is 0 Å². The Morgan fingerprint density at radius 1 is 1.60 bits per heavy atom. The molecule has 0 aliphatic heterocycles. The van der Waals surface area contributed by atoms with E-state index < -0.39 is 12.0 Å². The molecule has 0 heterocycles. The summed E-state index contributed by atoms with van der Waals surface area (Å²) in [5, 5.41) is 17.7. The monoisotopic (exact) mass is 231 g/mol. The summed E-state index contributed by atoms with van der Waals surface area (Å²) in [4.78, 5) is 10.7. The summed E-state index contributed by atoms with van der Waals surface area (Å²) in [6.07, 6.45) is 0.0296. The SMILES string of the molecule is N[C@@H](Cc1ccc(O)cc1SF)C(=O)O. The Bertz CT molecular complexity index is 372. The van der Waals surface area contributed by atoms with Crippen LogP contribution in [0.4, 0.5) is 3.89 Å². The van der Waals surface area contributed by atoms with Crippen molar-refractivity contribution in [1.29, 1.82) is 0 Å². The van der Waals surface area contributed by atoms with Gasteiger partial charge in [-0.15, -0.1) is 0 Å². The summed E-state index contributed by atoms with van der Waals surface area (Å²) in [5.74, 6) is -1.21. The zero-order valence-electron chi connectivity index (χ0n) is 7.68. The van der Waals surface area contributed by atoms with Gasteiger partial charge in [0.2, 0.25) is 0 Å². The highest BCUT2D eigenvalue weighted by atomic mass is 32.2. The van der Waals surface area contributed by atoms with E-state index in [1.807, 2.05) is 0 Å². The number of hydrogen-bond donors (Lipinski definition) is 3. The minimum absolute atomic E-state index is 0.0296. The van der Waals surface area contributed by atoms with Crippen LogP contribution in [0.25, 0.3) is 0 Å². The van der Waals surface area contributed by atoms with E-state index in [0.29, 0.717) is 5.56 Å². The van der Waals surface area contributed by atoms with E-state index in [-0.39, 0.29) is 29.2 Å². The predicted octanol–water partition coefficient (Wildman–Crippen LogP) is 1.32. The van der Waals surface area contributed by atoms with Gasteiger partial charge in [0.1, 0.15) is 11.8 Å². The smallest absolute Gasteiger partial charge is 0.320 e. The minimum atomic E-state index is -1.14. The van der Waals surface area contributed by atoms with Crippen molar-refractivity contribution in [3.05, 3.63) is 23.8 Å². The predicted molar refractivity (Wildman–Crippen MR) is 54.4 cm³/mol. The molecule has 4 nitrogen and oxygen atoms in total. The number of aliphatic carboxylic acids is 1. The van der Waals surface area contributed by atoms with E-state index in [0.717, 1.165) is 0 Å². The second-order valence-corrected chi connectivity index (χ2v) is 3.61. The van der Waals surface area contributed by atoms with Crippen LogP contribution in [0.3, 0.4) is 0 Å². The molecule has 0 radical (unpaired) electrons. The molecule has 0 unspecified atom stereocenters. The first-order chi connectivity index (χ1) is 7.04. The topological polar surface area (TPSA) is 83.5 Å². The molecule has 6 heteroatoms. The number of benzene rings is 1. The van der Waals surface area contributed by atoms with Crippen molar-refractivity contribution in [2.24, 2.45) is 5.73 Å². The van der Waals surface area contributed by atoms with Gasteiger partial charge in [0, 0.05) is 4.90 Å². The maximum atomic E-state index is 12.4. The molecule has 1 aromatic rings. The Hall–Kier alpha value is -1.27. The van der Waals surface area contributed by atoms with Gasteiger partial charge in [-0.05, 0) is 24.1 Å². The number of hydrogen-bond acceptors (Lipinski definition) is 4. The molecule has 1 rings (SSSR count). The zero-order chi connectivity index (χ0) is 11.4. The van der Waals surface area contributed by atoms with Crippen LogP contribution in [0, 0.1) is 0 Å². The van der Waals surface area contributed by atoms with Crippen molar-refractivity contribution in [3.8, 4) is 5.75 Å². The number of phenolic OH excluding ortho intramolecular Hbond substituents is 1. The van der Waals surface area contributed by atoms with E-state index in [2.05, 4.69) is 0 Å². The first-order valence-electron chi connectivity index (χ1n) is 4.13. The van der Waals surface area contributed by atoms with E-state index in [9.17, 15) is 8.68 Å². The van der Waals surface area contributed by atoms with Crippen molar-refractivity contribution < 1.29 is 18.9 Å². The fourth-order valence-corrected chi connectivity index (χ4v) is 1.52. The third-order valence-corrected chi connectivity index (χ3v) is 2.44. The molecule has 0 saturated carbocycles. The molecule has 1 aromatic carbocycles. The minimum Gasteiger partial charge on any atom is -0.508 e. The highest BCUT2D eigenvalue weighted by molar-refractivity contribution is 7.94. The summed E-state index contributed by atoms with van der Waals surface area (Å²) in [7, 11) is 0. The second kappa shape index (κ2) is 4.99. The largest absolute Gasteiger partial charge is 0.508 e. The average molecular weight is 231 g/mol.